The van der Waals surface area contributed by atoms with Crippen molar-refractivity contribution in [3.8, 4) is 0 Å². The average Bonchev–Trinajstić information content (AvgIpc) is 2.84. The number of hydrogen-bond acceptors (Lipinski definition) is 4. The highest BCUT2D eigenvalue weighted by Crippen LogP contribution is 2.31. The van der Waals surface area contributed by atoms with Gasteiger partial charge in [0, 0.05) is 24.0 Å². The van der Waals surface area contributed by atoms with Gasteiger partial charge in [-0.3, -0.25) is 0 Å². The minimum Gasteiger partial charge on any atom is -0.363 e. The number of fused-ring (bicyclic) bond motifs is 1. The van der Waals surface area contributed by atoms with Crippen LogP contribution < -0.4 is 11.1 Å². The van der Waals surface area contributed by atoms with E-state index >= 15 is 0 Å². The van der Waals surface area contributed by atoms with Crippen LogP contribution in [0, 0.1) is 0 Å². The topological polar surface area (TPSA) is 68.2 Å². The fourth-order valence-electron chi connectivity index (χ4n) is 2.09. The van der Waals surface area contributed by atoms with Gasteiger partial charge in [0.15, 0.2) is 11.5 Å². The summed E-state index contributed by atoms with van der Waals surface area (Å²) >= 11 is 0. The molecule has 1 atom stereocenters. The van der Waals surface area contributed by atoms with E-state index in [1.807, 2.05) is 13.8 Å². The molecule has 5 nitrogen and oxygen atoms in total. The normalized spacial score (nSPS) is 15.1. The summed E-state index contributed by atoms with van der Waals surface area (Å²) in [4.78, 5) is 4.14. The van der Waals surface area contributed by atoms with Gasteiger partial charge in [0.05, 0.1) is 0 Å². The van der Waals surface area contributed by atoms with Gasteiger partial charge in [-0.15, -0.1) is 0 Å². The summed E-state index contributed by atoms with van der Waals surface area (Å²) in [6.07, 6.45) is -0.211. The smallest absolute Gasteiger partial charge is 0.363 e. The summed E-state index contributed by atoms with van der Waals surface area (Å²) < 4.78 is 39.4. The maximum atomic E-state index is 12.7. The van der Waals surface area contributed by atoms with Crippen molar-refractivity contribution in [2.75, 3.05) is 11.9 Å². The summed E-state index contributed by atoms with van der Waals surface area (Å²) in [6.45, 7) is 4.43. The van der Waals surface area contributed by atoms with Gasteiger partial charge >= 0.3 is 6.18 Å². The summed E-state index contributed by atoms with van der Waals surface area (Å²) in [5, 5.41) is 6.73. The van der Waals surface area contributed by atoms with E-state index in [9.17, 15) is 13.2 Å². The van der Waals surface area contributed by atoms with Crippen molar-refractivity contribution in [2.24, 2.45) is 5.73 Å². The molecule has 0 radical (unpaired) electrons. The molecule has 0 fully saturated rings. The van der Waals surface area contributed by atoms with Crippen molar-refractivity contribution in [2.45, 2.75) is 38.4 Å². The van der Waals surface area contributed by atoms with Gasteiger partial charge < -0.3 is 11.1 Å². The second-order valence-electron chi connectivity index (χ2n) is 5.21. The number of nitrogens with one attached hydrogen (secondary N) is 1. The van der Waals surface area contributed by atoms with Crippen molar-refractivity contribution in [3.63, 3.8) is 0 Å². The lowest BCUT2D eigenvalue weighted by Gasteiger charge is -2.30. The van der Waals surface area contributed by atoms with Crippen LogP contribution in [-0.2, 0) is 6.18 Å². The van der Waals surface area contributed by atoms with Crippen molar-refractivity contribution >= 4 is 11.3 Å². The third-order valence-corrected chi connectivity index (χ3v) is 3.58. The zero-order valence-corrected chi connectivity index (χ0v) is 11.9. The molecule has 0 saturated heterocycles. The Labute approximate surface area is 120 Å². The van der Waals surface area contributed by atoms with E-state index in [2.05, 4.69) is 15.4 Å². The molecule has 2 heterocycles. The summed E-state index contributed by atoms with van der Waals surface area (Å²) in [5.74, 6) is 0.373. The fraction of sp³-hybridized carbons (Fsp3) is 0.538. The van der Waals surface area contributed by atoms with Gasteiger partial charge in [0.1, 0.15) is 5.52 Å². The third kappa shape index (κ3) is 3.26. The van der Waals surface area contributed by atoms with Crippen LogP contribution in [-0.4, -0.2) is 26.7 Å². The summed E-state index contributed by atoms with van der Waals surface area (Å²) in [6, 6.07) is 0.994. The van der Waals surface area contributed by atoms with Crippen LogP contribution in [0.2, 0.25) is 0 Å². The van der Waals surface area contributed by atoms with Crippen molar-refractivity contribution in [3.05, 3.63) is 24.2 Å². The second kappa shape index (κ2) is 5.51. The van der Waals surface area contributed by atoms with E-state index in [1.165, 1.54) is 16.9 Å². The Morgan fingerprint density at radius 1 is 1.38 bits per heavy atom. The number of alkyl halides is 3. The van der Waals surface area contributed by atoms with Gasteiger partial charge in [0.2, 0.25) is 0 Å². The first-order valence-corrected chi connectivity index (χ1v) is 6.69. The second-order valence-corrected chi connectivity index (χ2v) is 5.21. The molecule has 0 spiro atoms. The van der Waals surface area contributed by atoms with Crippen LogP contribution in [0.1, 0.15) is 32.4 Å². The van der Waals surface area contributed by atoms with Gasteiger partial charge in [-0.1, -0.05) is 6.92 Å². The van der Waals surface area contributed by atoms with Crippen molar-refractivity contribution in [1.29, 1.82) is 0 Å². The monoisotopic (exact) mass is 301 g/mol. The molecule has 3 N–H and O–H groups in total. The molecule has 0 bridgehead atoms. The summed E-state index contributed by atoms with van der Waals surface area (Å²) in [5.41, 5.74) is 4.62. The van der Waals surface area contributed by atoms with Gasteiger partial charge in [-0.05, 0) is 26.3 Å². The quantitative estimate of drug-likeness (QED) is 0.891. The molecule has 0 aliphatic rings. The Morgan fingerprint density at radius 2 is 2.10 bits per heavy atom. The van der Waals surface area contributed by atoms with Crippen LogP contribution in [0.4, 0.5) is 19.0 Å². The maximum absolute atomic E-state index is 12.7. The molecule has 2 rings (SSSR count). The van der Waals surface area contributed by atoms with Crippen LogP contribution in [0.3, 0.4) is 0 Å². The number of halogens is 3. The van der Waals surface area contributed by atoms with Crippen LogP contribution in [0.5, 0.6) is 0 Å². The SMILES string of the molecule is CCC(C)(CCN)Nc1nccn2nc(C(F)(F)F)cc12. The predicted molar refractivity (Wildman–Crippen MR) is 74.0 cm³/mol. The molecule has 116 valence electrons. The van der Waals surface area contributed by atoms with Gasteiger partial charge in [-0.25, -0.2) is 9.50 Å². The van der Waals surface area contributed by atoms with E-state index in [-0.39, 0.29) is 5.54 Å². The number of rotatable bonds is 5. The number of hydrogen-bond donors (Lipinski definition) is 2. The Hall–Kier alpha value is -1.83. The molecule has 2 aromatic heterocycles. The molecule has 8 heteroatoms. The molecular weight excluding hydrogens is 283 g/mol. The molecule has 0 amide bonds. The fourth-order valence-corrected chi connectivity index (χ4v) is 2.09. The first-order valence-electron chi connectivity index (χ1n) is 6.69. The molecule has 0 aliphatic carbocycles. The van der Waals surface area contributed by atoms with Crippen LogP contribution in [0.15, 0.2) is 18.5 Å². The van der Waals surface area contributed by atoms with Crippen LogP contribution >= 0.6 is 0 Å². The average molecular weight is 301 g/mol. The highest BCUT2D eigenvalue weighted by Gasteiger charge is 2.34. The largest absolute Gasteiger partial charge is 0.435 e. The molecule has 0 aliphatic heterocycles. The summed E-state index contributed by atoms with van der Waals surface area (Å²) in [7, 11) is 0. The third-order valence-electron chi connectivity index (χ3n) is 3.58. The molecule has 1 unspecified atom stereocenters. The number of nitrogens with zero attached hydrogens (tertiary/aromatic N) is 3. The standard InChI is InChI=1S/C13H18F3N5/c1-3-12(2,4-5-17)19-11-9-8-10(13(14,15)16)20-21(9)7-6-18-11/h6-8H,3-5,17H2,1-2H3,(H,18,19). The minimum absolute atomic E-state index is 0.293. The maximum Gasteiger partial charge on any atom is 0.435 e. The Bertz CT molecular complexity index is 622. The molecule has 0 aromatic carbocycles. The highest BCUT2D eigenvalue weighted by molar-refractivity contribution is 5.68. The van der Waals surface area contributed by atoms with Gasteiger partial charge in [-0.2, -0.15) is 18.3 Å². The number of nitrogens with two attached hydrogens (primary N) is 1. The first-order chi connectivity index (χ1) is 9.79. The zero-order valence-electron chi connectivity index (χ0n) is 11.9. The van der Waals surface area contributed by atoms with E-state index < -0.39 is 11.9 Å². The lowest BCUT2D eigenvalue weighted by Crippen LogP contribution is -2.36. The van der Waals surface area contributed by atoms with Crippen molar-refractivity contribution < 1.29 is 13.2 Å². The van der Waals surface area contributed by atoms with E-state index in [0.717, 1.165) is 12.5 Å². The first kappa shape index (κ1) is 15.6. The molecule has 21 heavy (non-hydrogen) atoms. The number of aromatic nitrogens is 3. The van der Waals surface area contributed by atoms with E-state index in [0.29, 0.717) is 24.3 Å². The van der Waals surface area contributed by atoms with E-state index in [1.54, 1.807) is 0 Å². The van der Waals surface area contributed by atoms with Gasteiger partial charge in [0.25, 0.3) is 0 Å². The minimum atomic E-state index is -4.48. The molecular formula is C13H18F3N5. The lowest BCUT2D eigenvalue weighted by atomic mass is 9.94. The Balaban J connectivity index is 2.43. The Morgan fingerprint density at radius 3 is 2.67 bits per heavy atom. The van der Waals surface area contributed by atoms with Crippen LogP contribution in [0.25, 0.3) is 5.52 Å². The zero-order chi connectivity index (χ0) is 15.7. The number of anilines is 1. The van der Waals surface area contributed by atoms with Crippen molar-refractivity contribution in [1.82, 2.24) is 14.6 Å². The highest BCUT2D eigenvalue weighted by atomic mass is 19.4. The Kier molecular flexibility index (Phi) is 4.08. The predicted octanol–water partition coefficient (Wildman–Crippen LogP) is 2.68. The van der Waals surface area contributed by atoms with E-state index in [4.69, 9.17) is 5.73 Å². The molecule has 0 saturated carbocycles. The lowest BCUT2D eigenvalue weighted by molar-refractivity contribution is -0.141. The molecule has 2 aromatic rings.